The fourth-order valence-corrected chi connectivity index (χ4v) is 5.80. The summed E-state index contributed by atoms with van der Waals surface area (Å²) in [6.45, 7) is 35.7. The summed E-state index contributed by atoms with van der Waals surface area (Å²) in [4.78, 5) is 121. The van der Waals surface area contributed by atoms with Crippen molar-refractivity contribution in [3.8, 4) is 17.2 Å². The zero-order valence-electron chi connectivity index (χ0n) is 53.3. The van der Waals surface area contributed by atoms with Gasteiger partial charge in [-0.05, 0) is 185 Å². The summed E-state index contributed by atoms with van der Waals surface area (Å²) in [5, 5.41) is 5.02. The molecule has 86 heavy (non-hydrogen) atoms. The van der Waals surface area contributed by atoms with E-state index in [0.717, 1.165) is 16.7 Å². The summed E-state index contributed by atoms with van der Waals surface area (Å²) in [6.07, 6.45) is -0.672. The quantitative estimate of drug-likeness (QED) is 0.0349. The SMILES string of the molecule is CC(C)(C)OC(=O)CCCOC=O.CC(C)(C)OC(=O)Cc1ccc(OC=O)cc1.CC(C)(C)OC(=O)Nc1cc(NC(=O)OC(C)(C)C)cc(OC=O)c1.CN(COC=O)C(=O)OC(C)(C)C.Cc1cc(OC=O)ccc1CC(=O)OC(C)(C)C. The Bertz CT molecular complexity index is 2580. The van der Waals surface area contributed by atoms with Crippen molar-refractivity contribution in [3.63, 3.8) is 0 Å². The Hall–Kier alpha value is -8.77. The van der Waals surface area contributed by atoms with E-state index in [1.165, 1.54) is 30.1 Å². The largest absolute Gasteiger partial charge is 0.468 e. The van der Waals surface area contributed by atoms with Gasteiger partial charge < -0.3 is 52.1 Å². The average Bonchev–Trinajstić information content (AvgIpc) is 3.49. The van der Waals surface area contributed by atoms with E-state index in [0.29, 0.717) is 37.3 Å². The monoisotopic (exact) mass is 1220 g/mol. The van der Waals surface area contributed by atoms with Crippen LogP contribution in [-0.4, -0.2) is 127 Å². The molecule has 0 aromatic heterocycles. The van der Waals surface area contributed by atoms with E-state index in [-0.39, 0.29) is 80.6 Å². The van der Waals surface area contributed by atoms with E-state index < -0.39 is 51.9 Å². The van der Waals surface area contributed by atoms with Crippen LogP contribution in [-0.2, 0) is 89.1 Å². The molecule has 0 atom stereocenters. The molecule has 0 unspecified atom stereocenters. The van der Waals surface area contributed by atoms with Crippen molar-refractivity contribution >= 4 is 79.9 Å². The lowest BCUT2D eigenvalue weighted by atomic mass is 10.1. The zero-order valence-corrected chi connectivity index (χ0v) is 53.3. The van der Waals surface area contributed by atoms with Crippen LogP contribution in [0.15, 0.2) is 60.7 Å². The molecule has 0 aliphatic carbocycles. The Balaban J connectivity index is 0. The molecule has 3 aromatic rings. The molecule has 480 valence electrons. The Morgan fingerprint density at radius 2 is 0.837 bits per heavy atom. The van der Waals surface area contributed by atoms with Gasteiger partial charge in [0.25, 0.3) is 32.4 Å². The molecule has 0 aliphatic rings. The number of hydrogen-bond acceptors (Lipinski definition) is 22. The Morgan fingerprint density at radius 1 is 0.442 bits per heavy atom. The van der Waals surface area contributed by atoms with Crippen LogP contribution in [0.3, 0.4) is 0 Å². The van der Waals surface area contributed by atoms with Gasteiger partial charge in [-0.1, -0.05) is 18.2 Å². The highest BCUT2D eigenvalue weighted by Gasteiger charge is 2.22. The van der Waals surface area contributed by atoms with Crippen LogP contribution in [0.4, 0.5) is 25.8 Å². The minimum absolute atomic E-state index is 0.0988. The first-order valence-corrected chi connectivity index (χ1v) is 26.8. The van der Waals surface area contributed by atoms with Gasteiger partial charge in [0.2, 0.25) is 0 Å². The fraction of sp³-hybridized carbons (Fsp3) is 0.525. The minimum Gasteiger partial charge on any atom is -0.468 e. The molecule has 0 aliphatic heterocycles. The van der Waals surface area contributed by atoms with E-state index in [2.05, 4.69) is 24.8 Å². The molecule has 3 rings (SSSR count). The number of hydrogen-bond donors (Lipinski definition) is 2. The third-order valence-corrected chi connectivity index (χ3v) is 8.68. The van der Waals surface area contributed by atoms with Gasteiger partial charge in [0.05, 0.1) is 19.4 Å². The third kappa shape index (κ3) is 45.7. The van der Waals surface area contributed by atoms with Crippen molar-refractivity contribution in [1.82, 2.24) is 4.90 Å². The predicted molar refractivity (Wildman–Crippen MR) is 316 cm³/mol. The van der Waals surface area contributed by atoms with Gasteiger partial charge in [0.1, 0.15) is 50.9 Å². The van der Waals surface area contributed by atoms with E-state index in [1.54, 1.807) is 105 Å². The number of carbonyl (C=O) groups excluding carboxylic acids is 11. The number of ether oxygens (including phenoxy) is 11. The highest BCUT2D eigenvalue weighted by molar-refractivity contribution is 5.90. The Kier molecular flexibility index (Phi) is 35.3. The van der Waals surface area contributed by atoms with E-state index in [4.69, 9.17) is 37.9 Å². The van der Waals surface area contributed by atoms with Crippen molar-refractivity contribution in [2.45, 2.75) is 191 Å². The van der Waals surface area contributed by atoms with Crippen LogP contribution in [0.2, 0.25) is 0 Å². The van der Waals surface area contributed by atoms with Crippen molar-refractivity contribution in [3.05, 3.63) is 77.4 Å². The molecule has 25 nitrogen and oxygen atoms in total. The maximum Gasteiger partial charge on any atom is 0.412 e. The number of carbonyl (C=O) groups is 11. The fourth-order valence-electron chi connectivity index (χ4n) is 5.80. The molecule has 0 saturated heterocycles. The minimum atomic E-state index is -0.682. The number of esters is 3. The van der Waals surface area contributed by atoms with Crippen molar-refractivity contribution < 1.29 is 105 Å². The van der Waals surface area contributed by atoms with Crippen LogP contribution in [0, 0.1) is 6.92 Å². The molecule has 25 heteroatoms. The highest BCUT2D eigenvalue weighted by Crippen LogP contribution is 2.26. The second-order valence-corrected chi connectivity index (χ2v) is 24.1. The number of amides is 3. The van der Waals surface area contributed by atoms with Gasteiger partial charge in [-0.25, -0.2) is 14.4 Å². The number of aryl methyl sites for hydroxylation is 1. The maximum absolute atomic E-state index is 11.9. The van der Waals surface area contributed by atoms with Gasteiger partial charge in [0.15, 0.2) is 6.73 Å². The number of rotatable bonds is 20. The van der Waals surface area contributed by atoms with Gasteiger partial charge in [-0.2, -0.15) is 0 Å². The first-order valence-electron chi connectivity index (χ1n) is 26.8. The second-order valence-electron chi connectivity index (χ2n) is 24.1. The first-order chi connectivity index (χ1) is 39.4. The molecular weight excluding hydrogens is 1130 g/mol. The van der Waals surface area contributed by atoms with Crippen molar-refractivity contribution in [2.75, 3.05) is 31.0 Å². The number of benzene rings is 3. The van der Waals surface area contributed by atoms with Gasteiger partial charge in [0, 0.05) is 37.0 Å². The van der Waals surface area contributed by atoms with Crippen LogP contribution in [0.5, 0.6) is 17.2 Å². The predicted octanol–water partition coefficient (Wildman–Crippen LogP) is 10.7. The van der Waals surface area contributed by atoms with Gasteiger partial charge >= 0.3 is 36.2 Å². The number of nitrogens with zero attached hydrogens (tertiary/aromatic N) is 1. The van der Waals surface area contributed by atoms with E-state index in [9.17, 15) is 52.7 Å². The van der Waals surface area contributed by atoms with Gasteiger partial charge in [-0.3, -0.25) is 53.9 Å². The van der Waals surface area contributed by atoms with E-state index >= 15 is 0 Å². The smallest absolute Gasteiger partial charge is 0.412 e. The highest BCUT2D eigenvalue weighted by atomic mass is 16.6. The van der Waals surface area contributed by atoms with Crippen molar-refractivity contribution in [1.29, 1.82) is 0 Å². The maximum atomic E-state index is 11.9. The van der Waals surface area contributed by atoms with E-state index in [1.807, 2.05) is 69.2 Å². The summed E-state index contributed by atoms with van der Waals surface area (Å²) >= 11 is 0. The third-order valence-electron chi connectivity index (χ3n) is 8.68. The second kappa shape index (κ2) is 38.2. The normalized spacial score (nSPS) is 10.9. The summed E-state index contributed by atoms with van der Waals surface area (Å²) in [7, 11) is 1.48. The zero-order chi connectivity index (χ0) is 66.7. The van der Waals surface area contributed by atoms with Crippen LogP contribution in [0.25, 0.3) is 0 Å². The van der Waals surface area contributed by atoms with Crippen LogP contribution < -0.4 is 24.8 Å². The molecular formula is C61H89N3O22. The average molecular weight is 1220 g/mol. The molecule has 3 aromatic carbocycles. The number of nitrogens with one attached hydrogen (secondary N) is 2. The standard InChI is InChI=1S/C17H24N2O6.C14H18O4.C13H16O4.C9H16O4.C8H15NO4/c1-16(2,3)24-14(21)18-11-7-12(9-13(8-11)23-10-20)19-15(22)25-17(4,5)6;1-10-7-12(17-9-15)6-5-11(10)8-13(16)18-14(2,3)4;1-13(2,3)17-12(15)8-10-4-6-11(7-5-10)16-9-14;1-9(2,3)13-8(11)5-4-6-12-7-10;1-8(2,3)13-7(11)9(4)5-12-6-10/h7-10H,1-6H3,(H,18,21)(H,19,22);5-7,9H,8H2,1-4H3;4-7,9H,8H2,1-3H3;7H,4-6H2,1-3H3;6H,5H2,1-4H3. The lowest BCUT2D eigenvalue weighted by molar-refractivity contribution is -0.156. The van der Waals surface area contributed by atoms with Gasteiger partial charge in [-0.15, -0.1) is 0 Å². The van der Waals surface area contributed by atoms with Crippen LogP contribution in [0.1, 0.15) is 154 Å². The van der Waals surface area contributed by atoms with Crippen molar-refractivity contribution in [2.24, 2.45) is 0 Å². The van der Waals surface area contributed by atoms with Crippen LogP contribution >= 0.6 is 0 Å². The lowest BCUT2D eigenvalue weighted by Crippen LogP contribution is -2.35. The molecule has 2 N–H and O–H groups in total. The molecule has 0 fully saturated rings. The summed E-state index contributed by atoms with van der Waals surface area (Å²) in [6, 6.07) is 16.2. The summed E-state index contributed by atoms with van der Waals surface area (Å²) in [5.74, 6) is 0.246. The topological polar surface area (TPSA) is 317 Å². The Labute approximate surface area is 504 Å². The molecule has 0 saturated carbocycles. The molecule has 0 heterocycles. The summed E-state index contributed by atoms with van der Waals surface area (Å²) in [5.41, 5.74) is -0.144. The molecule has 3 amide bonds. The molecule has 0 spiro atoms. The molecule has 0 radical (unpaired) electrons. The summed E-state index contributed by atoms with van der Waals surface area (Å²) < 4.78 is 53.7. The Morgan fingerprint density at radius 3 is 1.24 bits per heavy atom. The lowest BCUT2D eigenvalue weighted by Gasteiger charge is -2.23. The number of anilines is 2. The molecule has 0 bridgehead atoms. The first kappa shape index (κ1) is 79.3.